The van der Waals surface area contributed by atoms with Gasteiger partial charge in [-0.25, -0.2) is 4.79 Å². The summed E-state index contributed by atoms with van der Waals surface area (Å²) in [7, 11) is 0. The summed E-state index contributed by atoms with van der Waals surface area (Å²) >= 11 is 5.97. The van der Waals surface area contributed by atoms with Crippen LogP contribution in [0.15, 0.2) is 54.6 Å². The van der Waals surface area contributed by atoms with Crippen LogP contribution < -0.4 is 4.74 Å². The highest BCUT2D eigenvalue weighted by molar-refractivity contribution is 6.30. The van der Waals surface area contributed by atoms with Gasteiger partial charge in [0.2, 0.25) is 5.91 Å². The minimum Gasteiger partial charge on any atom is -0.410 e. The predicted molar refractivity (Wildman–Crippen MR) is 100 cm³/mol. The van der Waals surface area contributed by atoms with Crippen LogP contribution in [-0.2, 0) is 11.2 Å². The number of ether oxygens (including phenoxy) is 1. The first-order valence-corrected chi connectivity index (χ1v) is 9.03. The molecule has 3 rings (SSSR count). The van der Waals surface area contributed by atoms with Gasteiger partial charge in [-0.05, 0) is 36.2 Å². The molecule has 2 aromatic carbocycles. The highest BCUT2D eigenvalue weighted by Crippen LogP contribution is 2.14. The van der Waals surface area contributed by atoms with Gasteiger partial charge >= 0.3 is 6.09 Å². The Bertz CT molecular complexity index is 759. The molecule has 0 radical (unpaired) electrons. The number of para-hydroxylation sites is 1. The van der Waals surface area contributed by atoms with Crippen molar-refractivity contribution in [3.8, 4) is 5.75 Å². The smallest absolute Gasteiger partial charge is 0.410 e. The van der Waals surface area contributed by atoms with E-state index in [2.05, 4.69) is 0 Å². The second kappa shape index (κ2) is 8.72. The molecule has 1 aliphatic rings. The van der Waals surface area contributed by atoms with Crippen LogP contribution in [0, 0.1) is 0 Å². The summed E-state index contributed by atoms with van der Waals surface area (Å²) in [5, 5.41) is 0.681. The van der Waals surface area contributed by atoms with Crippen molar-refractivity contribution in [2.45, 2.75) is 12.8 Å². The van der Waals surface area contributed by atoms with Gasteiger partial charge in [0.05, 0.1) is 0 Å². The lowest BCUT2D eigenvalue weighted by molar-refractivity contribution is -0.132. The molecule has 0 unspecified atom stereocenters. The van der Waals surface area contributed by atoms with Gasteiger partial charge < -0.3 is 14.5 Å². The van der Waals surface area contributed by atoms with E-state index in [9.17, 15) is 9.59 Å². The Labute approximate surface area is 158 Å². The molecule has 1 fully saturated rings. The van der Waals surface area contributed by atoms with E-state index in [1.54, 1.807) is 21.9 Å². The lowest BCUT2D eigenvalue weighted by atomic mass is 10.1. The standard InChI is InChI=1S/C20H21ClN2O3/c21-17-6-4-5-16(15-17)9-10-19(24)22-11-13-23(14-12-22)20(25)26-18-7-2-1-3-8-18/h1-8,15H,9-14H2. The summed E-state index contributed by atoms with van der Waals surface area (Å²) in [4.78, 5) is 28.0. The van der Waals surface area contributed by atoms with Gasteiger partial charge in [0.25, 0.3) is 0 Å². The molecule has 6 heteroatoms. The molecular formula is C20H21ClN2O3. The largest absolute Gasteiger partial charge is 0.415 e. The Hall–Kier alpha value is -2.53. The van der Waals surface area contributed by atoms with Crippen molar-refractivity contribution in [1.82, 2.24) is 9.80 Å². The maximum Gasteiger partial charge on any atom is 0.415 e. The van der Waals surface area contributed by atoms with Crippen LogP contribution in [-0.4, -0.2) is 48.0 Å². The third-order valence-corrected chi connectivity index (χ3v) is 4.59. The zero-order chi connectivity index (χ0) is 18.4. The van der Waals surface area contributed by atoms with E-state index >= 15 is 0 Å². The molecule has 5 nitrogen and oxygen atoms in total. The van der Waals surface area contributed by atoms with Crippen LogP contribution in [0.5, 0.6) is 5.75 Å². The van der Waals surface area contributed by atoms with Crippen LogP contribution >= 0.6 is 11.6 Å². The number of carbonyl (C=O) groups is 2. The van der Waals surface area contributed by atoms with Crippen molar-refractivity contribution >= 4 is 23.6 Å². The molecule has 0 N–H and O–H groups in total. The van der Waals surface area contributed by atoms with Gasteiger partial charge in [0.1, 0.15) is 5.75 Å². The highest BCUT2D eigenvalue weighted by atomic mass is 35.5. The number of rotatable bonds is 4. The van der Waals surface area contributed by atoms with Crippen molar-refractivity contribution in [2.75, 3.05) is 26.2 Å². The summed E-state index contributed by atoms with van der Waals surface area (Å²) in [6.07, 6.45) is 0.729. The second-order valence-corrected chi connectivity index (χ2v) is 6.62. The molecule has 0 spiro atoms. The average molecular weight is 373 g/mol. The predicted octanol–water partition coefficient (Wildman–Crippen LogP) is 3.62. The van der Waals surface area contributed by atoms with Gasteiger partial charge in [-0.3, -0.25) is 4.79 Å². The third-order valence-electron chi connectivity index (χ3n) is 4.36. The molecule has 136 valence electrons. The van der Waals surface area contributed by atoms with Gasteiger partial charge in [-0.1, -0.05) is 41.9 Å². The second-order valence-electron chi connectivity index (χ2n) is 6.18. The van der Waals surface area contributed by atoms with Crippen molar-refractivity contribution in [3.05, 3.63) is 65.2 Å². The van der Waals surface area contributed by atoms with E-state index in [0.717, 1.165) is 5.56 Å². The molecule has 1 saturated heterocycles. The number of benzene rings is 2. The number of aryl methyl sites for hydroxylation is 1. The molecular weight excluding hydrogens is 352 g/mol. The zero-order valence-corrected chi connectivity index (χ0v) is 15.2. The third kappa shape index (κ3) is 4.99. The van der Waals surface area contributed by atoms with E-state index in [1.807, 2.05) is 42.5 Å². The lowest BCUT2D eigenvalue weighted by Crippen LogP contribution is -2.51. The topological polar surface area (TPSA) is 49.9 Å². The summed E-state index contributed by atoms with van der Waals surface area (Å²) in [5.41, 5.74) is 1.05. The van der Waals surface area contributed by atoms with Crippen LogP contribution in [0.4, 0.5) is 4.79 Å². The van der Waals surface area contributed by atoms with E-state index in [4.69, 9.17) is 16.3 Å². The first-order chi connectivity index (χ1) is 12.6. The molecule has 0 aliphatic carbocycles. The zero-order valence-electron chi connectivity index (χ0n) is 14.4. The molecule has 0 bridgehead atoms. The highest BCUT2D eigenvalue weighted by Gasteiger charge is 2.25. The van der Waals surface area contributed by atoms with Crippen LogP contribution in [0.25, 0.3) is 0 Å². The SMILES string of the molecule is O=C(CCc1cccc(Cl)c1)N1CCN(C(=O)Oc2ccccc2)CC1. The molecule has 0 atom stereocenters. The van der Waals surface area contributed by atoms with Crippen molar-refractivity contribution < 1.29 is 14.3 Å². The number of carbonyl (C=O) groups excluding carboxylic acids is 2. The number of hydrogen-bond donors (Lipinski definition) is 0. The summed E-state index contributed by atoms with van der Waals surface area (Å²) in [6, 6.07) is 16.5. The maximum atomic E-state index is 12.4. The van der Waals surface area contributed by atoms with Crippen molar-refractivity contribution in [2.24, 2.45) is 0 Å². The Kier molecular flexibility index (Phi) is 6.12. The van der Waals surface area contributed by atoms with Crippen molar-refractivity contribution in [1.29, 1.82) is 0 Å². The van der Waals surface area contributed by atoms with Crippen LogP contribution in [0.2, 0.25) is 5.02 Å². The number of hydrogen-bond acceptors (Lipinski definition) is 3. The molecule has 0 aromatic heterocycles. The first kappa shape index (κ1) is 18.3. The number of halogens is 1. The fourth-order valence-electron chi connectivity index (χ4n) is 2.89. The average Bonchev–Trinajstić information content (AvgIpc) is 2.67. The lowest BCUT2D eigenvalue weighted by Gasteiger charge is -2.34. The maximum absolute atomic E-state index is 12.4. The summed E-state index contributed by atoms with van der Waals surface area (Å²) in [5.74, 6) is 0.624. The van der Waals surface area contributed by atoms with E-state index in [1.165, 1.54) is 0 Å². The summed E-state index contributed by atoms with van der Waals surface area (Å²) in [6.45, 7) is 2.01. The number of amides is 2. The van der Waals surface area contributed by atoms with Gasteiger partial charge in [0, 0.05) is 37.6 Å². The molecule has 2 aromatic rings. The van der Waals surface area contributed by atoms with Crippen LogP contribution in [0.1, 0.15) is 12.0 Å². The molecule has 2 amide bonds. The van der Waals surface area contributed by atoms with E-state index in [0.29, 0.717) is 49.8 Å². The Morgan fingerprint density at radius 3 is 2.31 bits per heavy atom. The minimum atomic E-state index is -0.373. The minimum absolute atomic E-state index is 0.0982. The fraction of sp³-hybridized carbons (Fsp3) is 0.300. The van der Waals surface area contributed by atoms with Gasteiger partial charge in [-0.2, -0.15) is 0 Å². The van der Waals surface area contributed by atoms with Gasteiger partial charge in [0.15, 0.2) is 0 Å². The Morgan fingerprint density at radius 2 is 1.62 bits per heavy atom. The summed E-state index contributed by atoms with van der Waals surface area (Å²) < 4.78 is 5.34. The van der Waals surface area contributed by atoms with Crippen LogP contribution in [0.3, 0.4) is 0 Å². The number of piperazine rings is 1. The number of nitrogens with zero attached hydrogens (tertiary/aromatic N) is 2. The van der Waals surface area contributed by atoms with E-state index in [-0.39, 0.29) is 12.0 Å². The van der Waals surface area contributed by atoms with Gasteiger partial charge in [-0.15, -0.1) is 0 Å². The molecule has 26 heavy (non-hydrogen) atoms. The normalized spacial score (nSPS) is 14.2. The molecule has 0 saturated carbocycles. The Balaban J connectivity index is 1.44. The molecule has 1 aliphatic heterocycles. The van der Waals surface area contributed by atoms with E-state index < -0.39 is 0 Å². The monoisotopic (exact) mass is 372 g/mol. The Morgan fingerprint density at radius 1 is 0.923 bits per heavy atom. The fourth-order valence-corrected chi connectivity index (χ4v) is 3.11. The first-order valence-electron chi connectivity index (χ1n) is 8.66. The van der Waals surface area contributed by atoms with Crippen molar-refractivity contribution in [3.63, 3.8) is 0 Å². The quantitative estimate of drug-likeness (QED) is 0.823. The molecule has 1 heterocycles.